The summed E-state index contributed by atoms with van der Waals surface area (Å²) in [5.74, 6) is -0.457. The van der Waals surface area contributed by atoms with E-state index in [1.54, 1.807) is 0 Å². The lowest BCUT2D eigenvalue weighted by Crippen LogP contribution is -2.30. The second-order valence-corrected chi connectivity index (χ2v) is 31.7. The van der Waals surface area contributed by atoms with Gasteiger partial charge in [0.2, 0.25) is 0 Å². The fourth-order valence-electron chi connectivity index (χ4n) is 12.0. The number of unbranched alkanes of at least 4 members (excludes halogenated alkanes) is 46. The molecule has 0 aliphatic carbocycles. The van der Waals surface area contributed by atoms with E-state index >= 15 is 0 Å². The largest absolute Gasteiger partial charge is 0.472 e. The third-order valence-corrected chi connectivity index (χ3v) is 20.5. The summed E-state index contributed by atoms with van der Waals surface area (Å²) in [5, 5.41) is 10.6. The highest BCUT2D eigenvalue weighted by molar-refractivity contribution is 7.47. The molecule has 97 heavy (non-hydrogen) atoms. The molecule has 0 spiro atoms. The van der Waals surface area contributed by atoms with Crippen molar-refractivity contribution in [2.24, 2.45) is 11.8 Å². The number of rotatable bonds is 77. The van der Waals surface area contributed by atoms with Gasteiger partial charge in [0.05, 0.1) is 26.4 Å². The summed E-state index contributed by atoms with van der Waals surface area (Å²) in [7, 11) is -9.91. The number of carbonyl (C=O) groups is 4. The van der Waals surface area contributed by atoms with Crippen LogP contribution >= 0.6 is 15.6 Å². The van der Waals surface area contributed by atoms with E-state index in [2.05, 4.69) is 41.5 Å². The molecule has 0 heterocycles. The van der Waals surface area contributed by atoms with Crippen molar-refractivity contribution in [3.05, 3.63) is 0 Å². The first-order chi connectivity index (χ1) is 46.9. The minimum absolute atomic E-state index is 0.107. The maximum atomic E-state index is 13.1. The number of hydrogen-bond donors (Lipinski definition) is 3. The third-order valence-electron chi connectivity index (χ3n) is 18.6. The summed E-state index contributed by atoms with van der Waals surface area (Å²) in [6, 6.07) is 0. The van der Waals surface area contributed by atoms with Gasteiger partial charge in [-0.15, -0.1) is 0 Å². The van der Waals surface area contributed by atoms with Crippen LogP contribution in [0.1, 0.15) is 408 Å². The molecule has 576 valence electrons. The molecule has 3 unspecified atom stereocenters. The van der Waals surface area contributed by atoms with Gasteiger partial charge in [-0.3, -0.25) is 37.3 Å². The summed E-state index contributed by atoms with van der Waals surface area (Å²) >= 11 is 0. The molecule has 0 fully saturated rings. The Hall–Kier alpha value is -1.94. The van der Waals surface area contributed by atoms with Crippen molar-refractivity contribution < 1.29 is 80.2 Å². The maximum absolute atomic E-state index is 13.1. The molecule has 0 aromatic carbocycles. The highest BCUT2D eigenvalue weighted by Crippen LogP contribution is 2.45. The molecule has 0 radical (unpaired) electrons. The zero-order valence-electron chi connectivity index (χ0n) is 63.4. The number of aliphatic hydroxyl groups is 1. The van der Waals surface area contributed by atoms with Crippen LogP contribution in [0.4, 0.5) is 0 Å². The summed E-state index contributed by atoms with van der Waals surface area (Å²) in [6.07, 6.45) is 58.3. The molecule has 17 nitrogen and oxygen atoms in total. The highest BCUT2D eigenvalue weighted by atomic mass is 31.2. The molecular formula is C78H152O17P2. The van der Waals surface area contributed by atoms with Gasteiger partial charge in [-0.25, -0.2) is 9.13 Å². The number of carbonyl (C=O) groups excluding carboxylic acids is 4. The first-order valence-electron chi connectivity index (χ1n) is 40.5. The van der Waals surface area contributed by atoms with Crippen LogP contribution in [0.15, 0.2) is 0 Å². The lowest BCUT2D eigenvalue weighted by atomic mass is 9.99. The minimum atomic E-state index is -4.96. The van der Waals surface area contributed by atoms with Crippen molar-refractivity contribution in [1.82, 2.24) is 0 Å². The second-order valence-electron chi connectivity index (χ2n) is 28.8. The van der Waals surface area contributed by atoms with Crippen LogP contribution in [0.25, 0.3) is 0 Å². The van der Waals surface area contributed by atoms with E-state index < -0.39 is 97.5 Å². The second kappa shape index (κ2) is 69.8. The van der Waals surface area contributed by atoms with Gasteiger partial charge in [-0.2, -0.15) is 0 Å². The molecule has 0 bridgehead atoms. The molecule has 0 aliphatic heterocycles. The third kappa shape index (κ3) is 70.9. The predicted molar refractivity (Wildman–Crippen MR) is 395 cm³/mol. The smallest absolute Gasteiger partial charge is 0.462 e. The van der Waals surface area contributed by atoms with Gasteiger partial charge in [-0.05, 0) is 37.5 Å². The van der Waals surface area contributed by atoms with Crippen molar-refractivity contribution in [3.63, 3.8) is 0 Å². The van der Waals surface area contributed by atoms with E-state index in [4.69, 9.17) is 37.0 Å². The first kappa shape index (κ1) is 95.1. The topological polar surface area (TPSA) is 237 Å². The van der Waals surface area contributed by atoms with E-state index in [1.807, 2.05) is 0 Å². The molecule has 0 aromatic rings. The molecule has 6 atom stereocenters. The molecule has 0 aliphatic rings. The van der Waals surface area contributed by atoms with E-state index in [9.17, 15) is 43.2 Å². The lowest BCUT2D eigenvalue weighted by molar-refractivity contribution is -0.161. The zero-order valence-corrected chi connectivity index (χ0v) is 65.2. The van der Waals surface area contributed by atoms with Crippen LogP contribution in [0, 0.1) is 11.8 Å². The number of phosphoric acid groups is 2. The average Bonchev–Trinajstić information content (AvgIpc) is 1.08. The highest BCUT2D eigenvalue weighted by Gasteiger charge is 2.30. The van der Waals surface area contributed by atoms with E-state index in [0.717, 1.165) is 115 Å². The minimum Gasteiger partial charge on any atom is -0.462 e. The van der Waals surface area contributed by atoms with Crippen LogP contribution in [-0.4, -0.2) is 96.7 Å². The van der Waals surface area contributed by atoms with Crippen molar-refractivity contribution in [2.45, 2.75) is 426 Å². The summed E-state index contributed by atoms with van der Waals surface area (Å²) in [6.45, 7) is 9.66. The van der Waals surface area contributed by atoms with Crippen molar-refractivity contribution in [3.8, 4) is 0 Å². The Bertz CT molecular complexity index is 1870. The summed E-state index contributed by atoms with van der Waals surface area (Å²) in [4.78, 5) is 72.7. The van der Waals surface area contributed by atoms with Gasteiger partial charge in [-0.1, -0.05) is 356 Å². The molecule has 0 rings (SSSR count). The van der Waals surface area contributed by atoms with E-state index in [-0.39, 0.29) is 25.7 Å². The van der Waals surface area contributed by atoms with Crippen LogP contribution < -0.4 is 0 Å². The van der Waals surface area contributed by atoms with Crippen LogP contribution in [0.2, 0.25) is 0 Å². The molecule has 3 N–H and O–H groups in total. The van der Waals surface area contributed by atoms with Gasteiger partial charge in [0.25, 0.3) is 0 Å². The molecular weight excluding hydrogens is 1270 g/mol. The Balaban J connectivity index is 5.19. The summed E-state index contributed by atoms with van der Waals surface area (Å²) in [5.41, 5.74) is 0. The number of hydrogen-bond acceptors (Lipinski definition) is 15. The molecule has 0 saturated carbocycles. The lowest BCUT2D eigenvalue weighted by Gasteiger charge is -2.21. The Kier molecular flexibility index (Phi) is 68.4. The van der Waals surface area contributed by atoms with Crippen LogP contribution in [-0.2, 0) is 65.4 Å². The maximum Gasteiger partial charge on any atom is 0.472 e. The molecule has 0 saturated heterocycles. The number of aliphatic hydroxyl groups excluding tert-OH is 1. The zero-order chi connectivity index (χ0) is 71.4. The van der Waals surface area contributed by atoms with Crippen molar-refractivity contribution in [2.75, 3.05) is 39.6 Å². The average molecular weight is 1420 g/mol. The quantitative estimate of drug-likeness (QED) is 0.0222. The number of ether oxygens (including phenoxy) is 4. The Morgan fingerprint density at radius 1 is 0.299 bits per heavy atom. The van der Waals surface area contributed by atoms with Crippen molar-refractivity contribution in [1.29, 1.82) is 0 Å². The van der Waals surface area contributed by atoms with Gasteiger partial charge < -0.3 is 33.8 Å². The Morgan fingerprint density at radius 2 is 0.526 bits per heavy atom. The number of phosphoric ester groups is 2. The van der Waals surface area contributed by atoms with Crippen molar-refractivity contribution >= 4 is 39.5 Å². The first-order valence-corrected chi connectivity index (χ1v) is 43.5. The number of esters is 4. The molecule has 0 aromatic heterocycles. The van der Waals surface area contributed by atoms with Crippen LogP contribution in [0.3, 0.4) is 0 Å². The molecule has 0 amide bonds. The predicted octanol–water partition coefficient (Wildman–Crippen LogP) is 23.1. The Morgan fingerprint density at radius 3 is 0.784 bits per heavy atom. The SMILES string of the molecule is CCCCCCCCCCCCCCCC(=O)O[C@H](COC(=O)CCCCCCCCC)COP(=O)(O)OC[C@H](O)COP(=O)(O)OC[C@@H](COC(=O)CCCCCCCCCCCCCCCCC(C)CC)OC(=O)CCCCCCCCCCCCCCCCCCC(C)C. The van der Waals surface area contributed by atoms with E-state index in [1.165, 1.54) is 212 Å². The monoisotopic (exact) mass is 1420 g/mol. The van der Waals surface area contributed by atoms with Crippen LogP contribution in [0.5, 0.6) is 0 Å². The van der Waals surface area contributed by atoms with Gasteiger partial charge in [0, 0.05) is 25.7 Å². The van der Waals surface area contributed by atoms with Gasteiger partial charge in [0.1, 0.15) is 19.3 Å². The fourth-order valence-corrected chi connectivity index (χ4v) is 13.6. The fraction of sp³-hybridized carbons (Fsp3) is 0.949. The Labute approximate surface area is 594 Å². The normalized spacial score (nSPS) is 14.2. The standard InChI is InChI=1S/C78H152O17P2/c1-7-10-12-14-16-17-18-25-33-38-44-50-56-62-77(82)94-73(66-88-75(80)60-54-48-40-15-13-11-8-2)68-92-96(84,85)90-64-72(79)65-91-97(86,87)93-69-74(67-89-76(81)61-55-49-43-37-32-28-24-23-27-31-36-42-47-53-59-71(6)9-3)95-78(83)63-57-51-45-39-34-29-22-20-19-21-26-30-35-41-46-52-58-70(4)5/h70-74,79H,7-69H2,1-6H3,(H,84,85)(H,86,87)/t71?,72-,73+,74+/m0/s1. The summed E-state index contributed by atoms with van der Waals surface area (Å²) < 4.78 is 68.5. The molecule has 19 heteroatoms. The van der Waals surface area contributed by atoms with Gasteiger partial charge >= 0.3 is 39.5 Å². The van der Waals surface area contributed by atoms with Gasteiger partial charge in [0.15, 0.2) is 12.2 Å². The van der Waals surface area contributed by atoms with E-state index in [0.29, 0.717) is 25.7 Å².